The number of fused-ring (bicyclic) bond motifs is 1. The van der Waals surface area contributed by atoms with Gasteiger partial charge in [0.2, 0.25) is 0 Å². The highest BCUT2D eigenvalue weighted by atomic mass is 16.5. The van der Waals surface area contributed by atoms with Gasteiger partial charge in [0.1, 0.15) is 11.3 Å². The molecule has 0 aliphatic carbocycles. The van der Waals surface area contributed by atoms with Crippen LogP contribution in [0.4, 0.5) is 0 Å². The normalized spacial score (nSPS) is 14.2. The summed E-state index contributed by atoms with van der Waals surface area (Å²) < 4.78 is 12.2. The van der Waals surface area contributed by atoms with E-state index in [-0.39, 0.29) is 18.1 Å². The van der Waals surface area contributed by atoms with Crippen molar-refractivity contribution in [1.29, 1.82) is 0 Å². The maximum Gasteiger partial charge on any atom is 0.284 e. The van der Waals surface area contributed by atoms with Gasteiger partial charge in [0.25, 0.3) is 11.5 Å². The summed E-state index contributed by atoms with van der Waals surface area (Å²) in [5, 5.41) is 0. The number of methoxy groups -OCH3 is 1. The highest BCUT2D eigenvalue weighted by molar-refractivity contribution is 5.93. The molecule has 1 saturated heterocycles. The minimum absolute atomic E-state index is 0.0997. The summed E-state index contributed by atoms with van der Waals surface area (Å²) >= 11 is 0. The average Bonchev–Trinajstić information content (AvgIpc) is 2.76. The first-order valence-corrected chi connectivity index (χ1v) is 9.03. The monoisotopic (exact) mass is 380 g/mol. The van der Waals surface area contributed by atoms with E-state index in [1.807, 2.05) is 24.3 Å². The van der Waals surface area contributed by atoms with Gasteiger partial charge in [-0.2, -0.15) is 0 Å². The zero-order chi connectivity index (χ0) is 19.5. The first kappa shape index (κ1) is 18.1. The Morgan fingerprint density at radius 1 is 1.18 bits per heavy atom. The van der Waals surface area contributed by atoms with Crippen molar-refractivity contribution >= 4 is 17.1 Å². The quantitative estimate of drug-likeness (QED) is 0.679. The number of carbonyl (C=O) groups excluding carboxylic acids is 1. The lowest BCUT2D eigenvalue weighted by molar-refractivity contribution is 0.0297. The smallest absolute Gasteiger partial charge is 0.284 e. The van der Waals surface area contributed by atoms with Gasteiger partial charge < -0.3 is 14.4 Å². The largest absolute Gasteiger partial charge is 0.496 e. The van der Waals surface area contributed by atoms with Crippen LogP contribution < -0.4 is 10.3 Å². The van der Waals surface area contributed by atoms with E-state index in [2.05, 4.69) is 9.97 Å². The minimum atomic E-state index is -0.464. The Bertz CT molecular complexity index is 1070. The predicted octanol–water partition coefficient (Wildman–Crippen LogP) is 1.32. The summed E-state index contributed by atoms with van der Waals surface area (Å²) in [5.74, 6) is 0.282. The molecule has 0 bridgehead atoms. The highest BCUT2D eigenvalue weighted by Gasteiger charge is 2.25. The fourth-order valence-corrected chi connectivity index (χ4v) is 3.28. The van der Waals surface area contributed by atoms with Gasteiger partial charge in [-0.1, -0.05) is 18.2 Å². The third kappa shape index (κ3) is 3.34. The van der Waals surface area contributed by atoms with Crippen LogP contribution in [0.2, 0.25) is 0 Å². The van der Waals surface area contributed by atoms with Gasteiger partial charge in [0.15, 0.2) is 11.3 Å². The van der Waals surface area contributed by atoms with E-state index >= 15 is 0 Å². The number of hydrogen-bond acceptors (Lipinski definition) is 6. The number of pyridine rings is 1. The standard InChI is InChI=1S/C20H20N4O4/c1-27-16-7-3-2-5-14(16)13-24-18-15(6-4-8-21-18)22-17(20(24)26)19(25)23-9-11-28-12-10-23/h2-8H,9-13H2,1H3. The van der Waals surface area contributed by atoms with Crippen molar-refractivity contribution < 1.29 is 14.3 Å². The number of para-hydroxylation sites is 1. The van der Waals surface area contributed by atoms with Crippen molar-refractivity contribution in [2.24, 2.45) is 0 Å². The maximum absolute atomic E-state index is 13.2. The van der Waals surface area contributed by atoms with Crippen LogP contribution >= 0.6 is 0 Å². The van der Waals surface area contributed by atoms with Crippen LogP contribution in [0.5, 0.6) is 5.75 Å². The molecule has 2 aromatic heterocycles. The molecule has 0 unspecified atom stereocenters. The molecular formula is C20H20N4O4. The topological polar surface area (TPSA) is 86.5 Å². The van der Waals surface area contributed by atoms with Crippen LogP contribution in [0.25, 0.3) is 11.2 Å². The summed E-state index contributed by atoms with van der Waals surface area (Å²) in [6.07, 6.45) is 1.60. The number of aromatic nitrogens is 3. The van der Waals surface area contributed by atoms with Gasteiger partial charge in [-0.3, -0.25) is 14.2 Å². The number of nitrogens with zero attached hydrogens (tertiary/aromatic N) is 4. The van der Waals surface area contributed by atoms with Crippen molar-refractivity contribution in [3.05, 3.63) is 64.2 Å². The van der Waals surface area contributed by atoms with Crippen molar-refractivity contribution in [3.8, 4) is 5.75 Å². The average molecular weight is 380 g/mol. The van der Waals surface area contributed by atoms with E-state index in [0.29, 0.717) is 43.2 Å². The summed E-state index contributed by atoms with van der Waals surface area (Å²) in [4.78, 5) is 36.4. The molecule has 1 aromatic carbocycles. The molecule has 1 aliphatic heterocycles. The van der Waals surface area contributed by atoms with Crippen LogP contribution in [-0.4, -0.2) is 58.8 Å². The van der Waals surface area contributed by atoms with Gasteiger partial charge in [-0.25, -0.2) is 9.97 Å². The molecule has 1 aliphatic rings. The first-order chi connectivity index (χ1) is 13.7. The lowest BCUT2D eigenvalue weighted by Gasteiger charge is -2.26. The van der Waals surface area contributed by atoms with Gasteiger partial charge in [0, 0.05) is 24.8 Å². The van der Waals surface area contributed by atoms with Gasteiger partial charge in [-0.05, 0) is 18.2 Å². The Hall–Kier alpha value is -3.26. The van der Waals surface area contributed by atoms with Crippen molar-refractivity contribution in [2.45, 2.75) is 6.54 Å². The molecule has 3 heterocycles. The molecule has 0 radical (unpaired) electrons. The van der Waals surface area contributed by atoms with E-state index in [1.54, 1.807) is 30.3 Å². The zero-order valence-corrected chi connectivity index (χ0v) is 15.5. The fraction of sp³-hybridized carbons (Fsp3) is 0.300. The SMILES string of the molecule is COc1ccccc1Cn1c(=O)c(C(=O)N2CCOCC2)nc2cccnc21. The second-order valence-electron chi connectivity index (χ2n) is 6.41. The molecule has 1 fully saturated rings. The van der Waals surface area contributed by atoms with E-state index in [0.717, 1.165) is 5.56 Å². The number of amides is 1. The summed E-state index contributed by atoms with van der Waals surface area (Å²) in [5.41, 5.74) is 1.17. The Morgan fingerprint density at radius 3 is 2.75 bits per heavy atom. The number of benzene rings is 1. The van der Waals surface area contributed by atoms with Crippen molar-refractivity contribution in [3.63, 3.8) is 0 Å². The van der Waals surface area contributed by atoms with Crippen molar-refractivity contribution in [2.75, 3.05) is 33.4 Å². The van der Waals surface area contributed by atoms with E-state index in [1.165, 1.54) is 4.57 Å². The van der Waals surface area contributed by atoms with Crippen LogP contribution in [-0.2, 0) is 11.3 Å². The Kier molecular flexibility index (Phi) is 5.03. The fourth-order valence-electron chi connectivity index (χ4n) is 3.28. The number of rotatable bonds is 4. The molecule has 0 atom stereocenters. The lowest BCUT2D eigenvalue weighted by atomic mass is 10.2. The molecule has 0 saturated carbocycles. The van der Waals surface area contributed by atoms with E-state index < -0.39 is 5.56 Å². The number of hydrogen-bond donors (Lipinski definition) is 0. The number of morpholine rings is 1. The molecule has 4 rings (SSSR count). The molecule has 3 aromatic rings. The van der Waals surface area contributed by atoms with Crippen LogP contribution in [0.3, 0.4) is 0 Å². The van der Waals surface area contributed by atoms with Gasteiger partial charge >= 0.3 is 0 Å². The third-order valence-electron chi connectivity index (χ3n) is 4.72. The number of ether oxygens (including phenoxy) is 2. The lowest BCUT2D eigenvalue weighted by Crippen LogP contribution is -2.44. The Labute approximate surface area is 161 Å². The van der Waals surface area contributed by atoms with Gasteiger partial charge in [0.05, 0.1) is 26.9 Å². The summed E-state index contributed by atoms with van der Waals surface area (Å²) in [6, 6.07) is 10.9. The van der Waals surface area contributed by atoms with Crippen LogP contribution in [0.1, 0.15) is 16.1 Å². The molecule has 28 heavy (non-hydrogen) atoms. The van der Waals surface area contributed by atoms with Crippen LogP contribution in [0, 0.1) is 0 Å². The predicted molar refractivity (Wildman–Crippen MR) is 103 cm³/mol. The van der Waals surface area contributed by atoms with E-state index in [9.17, 15) is 9.59 Å². The zero-order valence-electron chi connectivity index (χ0n) is 15.5. The second-order valence-corrected chi connectivity index (χ2v) is 6.41. The highest BCUT2D eigenvalue weighted by Crippen LogP contribution is 2.19. The Balaban J connectivity index is 1.84. The molecule has 1 amide bonds. The second kappa shape index (κ2) is 7.77. The molecular weight excluding hydrogens is 360 g/mol. The van der Waals surface area contributed by atoms with E-state index in [4.69, 9.17) is 9.47 Å². The van der Waals surface area contributed by atoms with Gasteiger partial charge in [-0.15, -0.1) is 0 Å². The first-order valence-electron chi connectivity index (χ1n) is 9.03. The number of carbonyl (C=O) groups is 1. The molecule has 144 valence electrons. The minimum Gasteiger partial charge on any atom is -0.496 e. The maximum atomic E-state index is 13.2. The third-order valence-corrected chi connectivity index (χ3v) is 4.72. The molecule has 8 nitrogen and oxygen atoms in total. The molecule has 8 heteroatoms. The summed E-state index contributed by atoms with van der Waals surface area (Å²) in [6.45, 7) is 2.02. The molecule has 0 N–H and O–H groups in total. The van der Waals surface area contributed by atoms with Crippen LogP contribution in [0.15, 0.2) is 47.4 Å². The molecule has 0 spiro atoms. The summed E-state index contributed by atoms with van der Waals surface area (Å²) in [7, 11) is 1.58. The Morgan fingerprint density at radius 2 is 1.96 bits per heavy atom. The van der Waals surface area contributed by atoms with Crippen molar-refractivity contribution in [1.82, 2.24) is 19.4 Å².